The molecule has 7 heteroatoms. The van der Waals surface area contributed by atoms with Crippen molar-refractivity contribution < 1.29 is 23.8 Å². The van der Waals surface area contributed by atoms with Gasteiger partial charge in [-0.1, -0.05) is 30.3 Å². The van der Waals surface area contributed by atoms with Crippen molar-refractivity contribution in [1.29, 1.82) is 0 Å². The molecule has 1 N–H and O–H groups in total. The lowest BCUT2D eigenvalue weighted by Crippen LogP contribution is -2.46. The van der Waals surface area contributed by atoms with Crippen LogP contribution in [0.4, 0.5) is 0 Å². The molecule has 190 valence electrons. The molecule has 2 aromatic carbocycles. The predicted molar refractivity (Wildman–Crippen MR) is 134 cm³/mol. The molecule has 0 aromatic heterocycles. The van der Waals surface area contributed by atoms with Crippen LogP contribution in [0, 0.1) is 11.3 Å². The molecular weight excluding hydrogens is 456 g/mol. The second-order valence-electron chi connectivity index (χ2n) is 10.7. The van der Waals surface area contributed by atoms with Crippen LogP contribution in [0.15, 0.2) is 48.5 Å². The lowest BCUT2D eigenvalue weighted by atomic mass is 9.74. The van der Waals surface area contributed by atoms with Gasteiger partial charge in [0.15, 0.2) is 11.5 Å². The lowest BCUT2D eigenvalue weighted by molar-refractivity contribution is -0.123. The van der Waals surface area contributed by atoms with Crippen molar-refractivity contribution in [2.45, 2.75) is 37.5 Å². The summed E-state index contributed by atoms with van der Waals surface area (Å²) in [5.41, 5.74) is 1.90. The van der Waals surface area contributed by atoms with Crippen LogP contribution in [-0.2, 0) is 14.9 Å². The van der Waals surface area contributed by atoms with Gasteiger partial charge in [0.25, 0.3) is 5.91 Å². The van der Waals surface area contributed by atoms with Gasteiger partial charge >= 0.3 is 0 Å². The third-order valence-electron chi connectivity index (χ3n) is 8.78. The van der Waals surface area contributed by atoms with E-state index < -0.39 is 0 Å². The smallest absolute Gasteiger partial charge is 0.253 e. The minimum Gasteiger partial charge on any atom is -0.486 e. The summed E-state index contributed by atoms with van der Waals surface area (Å²) in [6.07, 6.45) is 4.51. The minimum atomic E-state index is -0.0589. The zero-order chi connectivity index (χ0) is 24.6. The molecule has 36 heavy (non-hydrogen) atoms. The van der Waals surface area contributed by atoms with Gasteiger partial charge < -0.3 is 24.4 Å². The maximum absolute atomic E-state index is 13.2. The Hall–Kier alpha value is -3.06. The van der Waals surface area contributed by atoms with Crippen LogP contribution in [-0.4, -0.2) is 62.8 Å². The van der Waals surface area contributed by atoms with Crippen LogP contribution < -0.4 is 14.8 Å². The Morgan fingerprint density at radius 1 is 0.889 bits per heavy atom. The summed E-state index contributed by atoms with van der Waals surface area (Å²) >= 11 is 0. The van der Waals surface area contributed by atoms with E-state index in [1.807, 2.05) is 23.1 Å². The van der Waals surface area contributed by atoms with Crippen molar-refractivity contribution in [1.82, 2.24) is 10.2 Å². The molecule has 3 heterocycles. The molecule has 0 bridgehead atoms. The van der Waals surface area contributed by atoms with E-state index in [0.29, 0.717) is 49.9 Å². The fourth-order valence-corrected chi connectivity index (χ4v) is 6.29. The van der Waals surface area contributed by atoms with E-state index in [9.17, 15) is 9.59 Å². The second-order valence-corrected chi connectivity index (χ2v) is 10.7. The van der Waals surface area contributed by atoms with Crippen molar-refractivity contribution in [3.63, 3.8) is 0 Å². The Balaban J connectivity index is 1.04. The van der Waals surface area contributed by atoms with Crippen molar-refractivity contribution in [3.8, 4) is 11.5 Å². The highest BCUT2D eigenvalue weighted by Crippen LogP contribution is 2.59. The fraction of sp³-hybridized carbons (Fsp3) is 0.517. The number of ether oxygens (including phenoxy) is 3. The molecule has 2 saturated heterocycles. The van der Waals surface area contributed by atoms with Gasteiger partial charge in [-0.3, -0.25) is 9.59 Å². The van der Waals surface area contributed by atoms with Gasteiger partial charge in [0.1, 0.15) is 13.2 Å². The largest absolute Gasteiger partial charge is 0.486 e. The average molecular weight is 491 g/mol. The van der Waals surface area contributed by atoms with Crippen LogP contribution in [0.3, 0.4) is 0 Å². The molecule has 3 fully saturated rings. The van der Waals surface area contributed by atoms with Gasteiger partial charge in [-0.2, -0.15) is 0 Å². The number of nitrogens with one attached hydrogen (secondary N) is 1. The summed E-state index contributed by atoms with van der Waals surface area (Å²) in [5.74, 6) is 1.57. The fourth-order valence-electron chi connectivity index (χ4n) is 6.29. The van der Waals surface area contributed by atoms with Gasteiger partial charge in [0, 0.05) is 49.7 Å². The van der Waals surface area contributed by atoms with E-state index in [4.69, 9.17) is 14.2 Å². The van der Waals surface area contributed by atoms with Gasteiger partial charge in [-0.05, 0) is 61.3 Å². The molecular formula is C29H34N2O5. The average Bonchev–Trinajstić information content (AvgIpc) is 3.65. The van der Waals surface area contributed by atoms with E-state index in [0.717, 1.165) is 45.3 Å². The number of nitrogens with zero attached hydrogens (tertiary/aromatic N) is 1. The van der Waals surface area contributed by atoms with Crippen LogP contribution in [0.2, 0.25) is 0 Å². The zero-order valence-corrected chi connectivity index (χ0v) is 20.7. The molecule has 1 unspecified atom stereocenters. The summed E-state index contributed by atoms with van der Waals surface area (Å²) < 4.78 is 16.8. The van der Waals surface area contributed by atoms with E-state index in [1.165, 1.54) is 5.56 Å². The number of rotatable bonds is 5. The Morgan fingerprint density at radius 3 is 2.36 bits per heavy atom. The summed E-state index contributed by atoms with van der Waals surface area (Å²) in [7, 11) is 0. The van der Waals surface area contributed by atoms with Crippen molar-refractivity contribution in [2.75, 3.05) is 46.1 Å². The highest BCUT2D eigenvalue weighted by atomic mass is 16.6. The molecule has 2 aromatic rings. The molecule has 4 aliphatic rings. The van der Waals surface area contributed by atoms with Gasteiger partial charge in [0.2, 0.25) is 5.91 Å². The molecule has 7 nitrogen and oxygen atoms in total. The molecule has 3 aliphatic heterocycles. The molecule has 1 spiro atoms. The first kappa shape index (κ1) is 23.3. The topological polar surface area (TPSA) is 77.1 Å². The standard InChI is InChI=1S/C29H34N2O5/c32-26(30-20-29(10-14-34-15-11-29)22-4-2-1-3-5-22)23-19-28(23)8-12-31(13-9-28)27(33)21-6-7-24-25(18-21)36-17-16-35-24/h1-7,18,23H,8-17,19-20H2,(H,30,32). The van der Waals surface area contributed by atoms with E-state index in [1.54, 1.807) is 6.07 Å². The number of piperidine rings is 1. The Morgan fingerprint density at radius 2 is 1.61 bits per heavy atom. The highest BCUT2D eigenvalue weighted by molar-refractivity contribution is 5.95. The molecule has 0 radical (unpaired) electrons. The van der Waals surface area contributed by atoms with Crippen LogP contribution in [0.25, 0.3) is 0 Å². The molecule has 1 saturated carbocycles. The Bertz CT molecular complexity index is 1120. The molecule has 6 rings (SSSR count). The normalized spacial score (nSPS) is 23.7. The highest BCUT2D eigenvalue weighted by Gasteiger charge is 2.58. The van der Waals surface area contributed by atoms with Gasteiger partial charge in [-0.25, -0.2) is 0 Å². The maximum Gasteiger partial charge on any atom is 0.253 e. The van der Waals surface area contributed by atoms with Crippen molar-refractivity contribution in [3.05, 3.63) is 59.7 Å². The maximum atomic E-state index is 13.2. The Labute approximate surface area is 212 Å². The molecule has 1 atom stereocenters. The predicted octanol–water partition coefficient (Wildman–Crippen LogP) is 3.56. The van der Waals surface area contributed by atoms with Crippen LogP contribution in [0.5, 0.6) is 11.5 Å². The number of carbonyl (C=O) groups is 2. The first-order valence-corrected chi connectivity index (χ1v) is 13.2. The number of amides is 2. The van der Waals surface area contributed by atoms with Crippen molar-refractivity contribution in [2.24, 2.45) is 11.3 Å². The number of hydrogen-bond donors (Lipinski definition) is 1. The second kappa shape index (κ2) is 9.43. The summed E-state index contributed by atoms with van der Waals surface area (Å²) in [6.45, 7) is 4.51. The van der Waals surface area contributed by atoms with E-state index >= 15 is 0 Å². The first-order chi connectivity index (χ1) is 17.6. The zero-order valence-electron chi connectivity index (χ0n) is 20.7. The number of hydrogen-bond acceptors (Lipinski definition) is 5. The molecule has 1 aliphatic carbocycles. The SMILES string of the molecule is O=C(NCC1(c2ccccc2)CCOCC1)C1CC12CCN(C(=O)c1ccc3c(c1)OCCO3)CC2. The monoisotopic (exact) mass is 490 g/mol. The van der Waals surface area contributed by atoms with Crippen LogP contribution in [0.1, 0.15) is 48.0 Å². The quantitative estimate of drug-likeness (QED) is 0.694. The molecule has 2 amide bonds. The lowest BCUT2D eigenvalue weighted by Gasteiger charge is -2.38. The minimum absolute atomic E-state index is 0.0211. The number of fused-ring (bicyclic) bond motifs is 1. The number of carbonyl (C=O) groups excluding carboxylic acids is 2. The third-order valence-corrected chi connectivity index (χ3v) is 8.78. The Kier molecular flexibility index (Phi) is 6.12. The van der Waals surface area contributed by atoms with E-state index in [-0.39, 0.29) is 28.6 Å². The van der Waals surface area contributed by atoms with Gasteiger partial charge in [0.05, 0.1) is 0 Å². The number of benzene rings is 2. The summed E-state index contributed by atoms with van der Waals surface area (Å²) in [5, 5.41) is 3.31. The number of likely N-dealkylation sites (tertiary alicyclic amines) is 1. The van der Waals surface area contributed by atoms with E-state index in [2.05, 4.69) is 29.6 Å². The summed E-state index contributed by atoms with van der Waals surface area (Å²) in [4.78, 5) is 28.3. The summed E-state index contributed by atoms with van der Waals surface area (Å²) in [6, 6.07) is 15.9. The first-order valence-electron chi connectivity index (χ1n) is 13.2. The van der Waals surface area contributed by atoms with Gasteiger partial charge in [-0.15, -0.1) is 0 Å². The van der Waals surface area contributed by atoms with Crippen molar-refractivity contribution >= 4 is 11.8 Å². The third kappa shape index (κ3) is 4.34. The van der Waals surface area contributed by atoms with Crippen LogP contribution >= 0.6 is 0 Å².